The van der Waals surface area contributed by atoms with Gasteiger partial charge < -0.3 is 14.4 Å². The molecule has 1 heterocycles. The Morgan fingerprint density at radius 2 is 1.94 bits per heavy atom. The Morgan fingerprint density at radius 1 is 1.25 bits per heavy atom. The van der Waals surface area contributed by atoms with Crippen LogP contribution in [0.4, 0.5) is 11.4 Å². The first-order valence-electron chi connectivity index (χ1n) is 9.62. The molecule has 0 aromatic heterocycles. The topological polar surface area (TPSA) is 119 Å². The number of carbonyl (C=O) groups excluding carboxylic acids is 1. The summed E-state index contributed by atoms with van der Waals surface area (Å²) >= 11 is 6.11. The number of ether oxygens (including phenoxy) is 2. The normalized spacial score (nSPS) is 14.2. The molecule has 10 nitrogen and oxygen atoms in total. The third-order valence-electron chi connectivity index (χ3n) is 5.02. The zero-order valence-electron chi connectivity index (χ0n) is 17.5. The largest absolute Gasteiger partial charge is 0.495 e. The number of sulfonamides is 1. The number of nitro groups is 1. The molecule has 0 radical (unpaired) electrons. The van der Waals surface area contributed by atoms with Crippen LogP contribution in [0.2, 0.25) is 5.02 Å². The number of rotatable bonds is 7. The number of morpholine rings is 1. The van der Waals surface area contributed by atoms with Gasteiger partial charge in [-0.15, -0.1) is 0 Å². The number of hydrogen-bond acceptors (Lipinski definition) is 7. The van der Waals surface area contributed by atoms with E-state index >= 15 is 0 Å². The molecule has 0 spiro atoms. The molecule has 1 aliphatic rings. The molecule has 1 saturated heterocycles. The first kappa shape index (κ1) is 23.8. The van der Waals surface area contributed by atoms with Gasteiger partial charge in [-0.3, -0.25) is 19.2 Å². The second-order valence-corrected chi connectivity index (χ2v) is 9.33. The zero-order valence-corrected chi connectivity index (χ0v) is 19.1. The summed E-state index contributed by atoms with van der Waals surface area (Å²) in [5.74, 6) is -0.269. The van der Waals surface area contributed by atoms with Gasteiger partial charge in [0.1, 0.15) is 12.3 Å². The number of nitrogens with zero attached hydrogens (tertiary/aromatic N) is 3. The summed E-state index contributed by atoms with van der Waals surface area (Å²) < 4.78 is 38.7. The first-order valence-corrected chi connectivity index (χ1v) is 11.4. The van der Waals surface area contributed by atoms with Gasteiger partial charge in [-0.2, -0.15) is 0 Å². The molecule has 1 amide bonds. The molecule has 0 bridgehead atoms. The van der Waals surface area contributed by atoms with Crippen molar-refractivity contribution in [3.8, 4) is 5.75 Å². The Labute approximate surface area is 190 Å². The molecule has 3 rings (SSSR count). The summed E-state index contributed by atoms with van der Waals surface area (Å²) in [5.41, 5.74) is 0.0126. The van der Waals surface area contributed by atoms with Crippen LogP contribution in [0.1, 0.15) is 5.56 Å². The third kappa shape index (κ3) is 4.95. The number of nitro benzene ring substituents is 1. The molecule has 12 heteroatoms. The molecular weight excluding hydrogens is 462 g/mol. The second kappa shape index (κ2) is 9.72. The maximum absolute atomic E-state index is 13.6. The van der Waals surface area contributed by atoms with E-state index in [-0.39, 0.29) is 27.0 Å². The highest BCUT2D eigenvalue weighted by molar-refractivity contribution is 7.92. The van der Waals surface area contributed by atoms with Gasteiger partial charge in [-0.05, 0) is 31.2 Å². The van der Waals surface area contributed by atoms with Gasteiger partial charge in [0.2, 0.25) is 5.91 Å². The number of methoxy groups -OCH3 is 1. The van der Waals surface area contributed by atoms with Gasteiger partial charge in [0.25, 0.3) is 15.7 Å². The van der Waals surface area contributed by atoms with E-state index in [1.54, 1.807) is 0 Å². The molecule has 2 aromatic rings. The van der Waals surface area contributed by atoms with Crippen molar-refractivity contribution >= 4 is 38.9 Å². The van der Waals surface area contributed by atoms with Gasteiger partial charge in [-0.1, -0.05) is 17.7 Å². The Bertz CT molecular complexity index is 1130. The number of carbonyl (C=O) groups is 1. The number of anilines is 1. The van der Waals surface area contributed by atoms with E-state index in [1.807, 2.05) is 0 Å². The van der Waals surface area contributed by atoms with Crippen LogP contribution >= 0.6 is 11.6 Å². The van der Waals surface area contributed by atoms with Crippen molar-refractivity contribution in [2.75, 3.05) is 44.3 Å². The molecule has 0 atom stereocenters. The van der Waals surface area contributed by atoms with E-state index in [1.165, 1.54) is 49.3 Å². The molecule has 0 N–H and O–H groups in total. The first-order chi connectivity index (χ1) is 15.1. The van der Waals surface area contributed by atoms with Crippen molar-refractivity contribution in [3.63, 3.8) is 0 Å². The van der Waals surface area contributed by atoms with E-state index in [2.05, 4.69) is 0 Å². The fourth-order valence-corrected chi connectivity index (χ4v) is 4.87. The second-order valence-electron chi connectivity index (χ2n) is 7.03. The van der Waals surface area contributed by atoms with Crippen LogP contribution in [0.3, 0.4) is 0 Å². The highest BCUT2D eigenvalue weighted by Crippen LogP contribution is 2.35. The minimum absolute atomic E-state index is 0.0461. The predicted octanol–water partition coefficient (Wildman–Crippen LogP) is 2.62. The Balaban J connectivity index is 2.11. The van der Waals surface area contributed by atoms with Gasteiger partial charge >= 0.3 is 0 Å². The van der Waals surface area contributed by atoms with Crippen LogP contribution in [-0.4, -0.2) is 64.1 Å². The lowest BCUT2D eigenvalue weighted by atomic mass is 10.2. The van der Waals surface area contributed by atoms with Crippen molar-refractivity contribution in [2.24, 2.45) is 0 Å². The lowest BCUT2D eigenvalue weighted by Crippen LogP contribution is -2.47. The number of amides is 1. The summed E-state index contributed by atoms with van der Waals surface area (Å²) in [5, 5.41) is 11.6. The average Bonchev–Trinajstić information content (AvgIpc) is 2.77. The van der Waals surface area contributed by atoms with E-state index in [9.17, 15) is 23.3 Å². The lowest BCUT2D eigenvalue weighted by Gasteiger charge is -2.31. The molecule has 172 valence electrons. The third-order valence-corrected chi connectivity index (χ3v) is 7.01. The minimum atomic E-state index is -4.40. The summed E-state index contributed by atoms with van der Waals surface area (Å²) in [4.78, 5) is 24.8. The summed E-state index contributed by atoms with van der Waals surface area (Å²) in [7, 11) is -3.04. The van der Waals surface area contributed by atoms with Gasteiger partial charge in [0.15, 0.2) is 0 Å². The number of aryl methyl sites for hydroxylation is 1. The van der Waals surface area contributed by atoms with E-state index in [0.717, 1.165) is 10.4 Å². The molecule has 1 aliphatic heterocycles. The van der Waals surface area contributed by atoms with Gasteiger partial charge in [0, 0.05) is 29.7 Å². The molecule has 1 fully saturated rings. The fourth-order valence-electron chi connectivity index (χ4n) is 3.27. The summed E-state index contributed by atoms with van der Waals surface area (Å²) in [6.07, 6.45) is 0. The molecule has 0 unspecified atom stereocenters. The quantitative estimate of drug-likeness (QED) is 0.438. The van der Waals surface area contributed by atoms with Crippen LogP contribution in [0.15, 0.2) is 41.3 Å². The Hall–Kier alpha value is -2.89. The van der Waals surface area contributed by atoms with Crippen molar-refractivity contribution in [3.05, 3.63) is 57.1 Å². The number of benzene rings is 2. The lowest BCUT2D eigenvalue weighted by molar-refractivity contribution is -0.385. The average molecular weight is 484 g/mol. The van der Waals surface area contributed by atoms with Crippen molar-refractivity contribution in [2.45, 2.75) is 11.8 Å². The molecular formula is C20H22ClN3O7S. The van der Waals surface area contributed by atoms with Gasteiger partial charge in [0.05, 0.1) is 35.8 Å². The smallest absolute Gasteiger partial charge is 0.273 e. The van der Waals surface area contributed by atoms with E-state index in [4.69, 9.17) is 21.1 Å². The standard InChI is InChI=1S/C20H22ClN3O7S/c1-14-3-5-16(12-17(14)24(26)27)32(28,29)23(13-20(25)22-7-9-31-10-8-22)18-11-15(21)4-6-19(18)30-2/h3-6,11-12H,7-10,13H2,1-2H3. The number of halogens is 1. The van der Waals surface area contributed by atoms with Crippen LogP contribution in [0.5, 0.6) is 5.75 Å². The van der Waals surface area contributed by atoms with Crippen LogP contribution in [0.25, 0.3) is 0 Å². The number of hydrogen-bond donors (Lipinski definition) is 0. The van der Waals surface area contributed by atoms with Gasteiger partial charge in [-0.25, -0.2) is 8.42 Å². The molecule has 0 saturated carbocycles. The molecule has 2 aromatic carbocycles. The Morgan fingerprint density at radius 3 is 2.56 bits per heavy atom. The van der Waals surface area contributed by atoms with Crippen LogP contribution in [-0.2, 0) is 19.6 Å². The predicted molar refractivity (Wildman–Crippen MR) is 118 cm³/mol. The van der Waals surface area contributed by atoms with Crippen molar-refractivity contribution in [1.29, 1.82) is 0 Å². The molecule has 32 heavy (non-hydrogen) atoms. The van der Waals surface area contributed by atoms with Crippen molar-refractivity contribution < 1.29 is 27.6 Å². The highest BCUT2D eigenvalue weighted by Gasteiger charge is 2.33. The maximum atomic E-state index is 13.6. The van der Waals surface area contributed by atoms with E-state index < -0.39 is 27.4 Å². The monoisotopic (exact) mass is 483 g/mol. The van der Waals surface area contributed by atoms with E-state index in [0.29, 0.717) is 31.9 Å². The summed E-state index contributed by atoms with van der Waals surface area (Å²) in [6.45, 7) is 2.33. The SMILES string of the molecule is COc1ccc(Cl)cc1N(CC(=O)N1CCOCC1)S(=O)(=O)c1ccc(C)c([N+](=O)[O-])c1. The molecule has 0 aliphatic carbocycles. The zero-order chi connectivity index (χ0) is 23.5. The minimum Gasteiger partial charge on any atom is -0.495 e. The van der Waals surface area contributed by atoms with Crippen LogP contribution in [0, 0.1) is 17.0 Å². The van der Waals surface area contributed by atoms with Crippen LogP contribution < -0.4 is 9.04 Å². The highest BCUT2D eigenvalue weighted by atomic mass is 35.5. The Kier molecular flexibility index (Phi) is 7.22. The van der Waals surface area contributed by atoms with Crippen molar-refractivity contribution in [1.82, 2.24) is 4.90 Å². The maximum Gasteiger partial charge on any atom is 0.273 e. The summed E-state index contributed by atoms with van der Waals surface area (Å²) in [6, 6.07) is 7.97. The fraction of sp³-hybridized carbons (Fsp3) is 0.350.